The summed E-state index contributed by atoms with van der Waals surface area (Å²) in [7, 11) is 7.66. The smallest absolute Gasteiger partial charge is 0.253 e. The monoisotopic (exact) mass is 523 g/mol. The third kappa shape index (κ3) is 8.71. The molecule has 0 aliphatic rings. The van der Waals surface area contributed by atoms with Gasteiger partial charge in [-0.2, -0.15) is 0 Å². The maximum atomic E-state index is 12.0. The van der Waals surface area contributed by atoms with E-state index in [2.05, 4.69) is 60.8 Å². The fraction of sp³-hybridized carbons (Fsp3) is 0.391. The van der Waals surface area contributed by atoms with Crippen LogP contribution in [-0.2, 0) is 19.6 Å². The number of hydrogen-bond acceptors (Lipinski definition) is 3. The maximum absolute atomic E-state index is 12.0. The summed E-state index contributed by atoms with van der Waals surface area (Å²) >= 11 is 0. The number of carbonyl (C=O) groups is 1. The van der Waals surface area contributed by atoms with Crippen molar-refractivity contribution < 1.29 is 4.79 Å². The number of benzene rings is 2. The standard InChI is InChI=1S/C23H33N5O.HI/c1-6-24-23(26-16-19-8-7-9-20(14-19)17-27(2)3)25-15-18-10-12-21(13-11-18)22(29)28(4)5;/h7-14H,6,15-17H2,1-5H3,(H2,24,25,26);1H. The molecule has 0 bridgehead atoms. The van der Waals surface area contributed by atoms with E-state index < -0.39 is 0 Å². The van der Waals surface area contributed by atoms with Crippen molar-refractivity contribution in [1.29, 1.82) is 0 Å². The van der Waals surface area contributed by atoms with E-state index >= 15 is 0 Å². The maximum Gasteiger partial charge on any atom is 0.253 e. The SMILES string of the molecule is CCNC(=NCc1cccc(CN(C)C)c1)NCc1ccc(C(=O)N(C)C)cc1.I. The van der Waals surface area contributed by atoms with Crippen molar-refractivity contribution in [3.8, 4) is 0 Å². The number of nitrogens with one attached hydrogen (secondary N) is 2. The molecule has 30 heavy (non-hydrogen) atoms. The van der Waals surface area contributed by atoms with Crippen LogP contribution in [0.25, 0.3) is 0 Å². The van der Waals surface area contributed by atoms with Gasteiger partial charge in [-0.05, 0) is 49.8 Å². The predicted molar refractivity (Wildman–Crippen MR) is 135 cm³/mol. The lowest BCUT2D eigenvalue weighted by Gasteiger charge is -2.13. The highest BCUT2D eigenvalue weighted by molar-refractivity contribution is 14.0. The molecule has 1 amide bonds. The minimum atomic E-state index is 0. The largest absolute Gasteiger partial charge is 0.357 e. The third-order valence-electron chi connectivity index (χ3n) is 4.32. The molecule has 0 heterocycles. The van der Waals surface area contributed by atoms with Gasteiger partial charge >= 0.3 is 0 Å². The van der Waals surface area contributed by atoms with Crippen LogP contribution >= 0.6 is 24.0 Å². The van der Waals surface area contributed by atoms with Gasteiger partial charge in [-0.3, -0.25) is 4.79 Å². The van der Waals surface area contributed by atoms with E-state index in [0.29, 0.717) is 18.7 Å². The number of amides is 1. The van der Waals surface area contributed by atoms with E-state index in [1.165, 1.54) is 11.1 Å². The van der Waals surface area contributed by atoms with Crippen LogP contribution in [0.15, 0.2) is 53.5 Å². The highest BCUT2D eigenvalue weighted by Crippen LogP contribution is 2.09. The van der Waals surface area contributed by atoms with Crippen LogP contribution in [-0.4, -0.2) is 56.4 Å². The summed E-state index contributed by atoms with van der Waals surface area (Å²) < 4.78 is 0. The van der Waals surface area contributed by atoms with Crippen molar-refractivity contribution in [1.82, 2.24) is 20.4 Å². The molecule has 0 atom stereocenters. The Labute approximate surface area is 197 Å². The zero-order valence-electron chi connectivity index (χ0n) is 18.6. The second-order valence-electron chi connectivity index (χ2n) is 7.50. The first kappa shape index (κ1) is 25.9. The van der Waals surface area contributed by atoms with Gasteiger partial charge in [0.25, 0.3) is 5.91 Å². The molecule has 2 N–H and O–H groups in total. The fourth-order valence-corrected chi connectivity index (χ4v) is 2.91. The molecule has 2 rings (SSSR count). The Balaban J connectivity index is 0.00000450. The number of halogens is 1. The first-order valence-electron chi connectivity index (χ1n) is 9.94. The summed E-state index contributed by atoms with van der Waals surface area (Å²) in [5.41, 5.74) is 4.26. The van der Waals surface area contributed by atoms with Crippen LogP contribution in [0.1, 0.15) is 34.0 Å². The molecular formula is C23H34IN5O. The second-order valence-corrected chi connectivity index (χ2v) is 7.50. The molecule has 0 aliphatic heterocycles. The van der Waals surface area contributed by atoms with Crippen molar-refractivity contribution in [3.05, 3.63) is 70.8 Å². The molecule has 0 saturated carbocycles. The average molecular weight is 523 g/mol. The molecule has 164 valence electrons. The van der Waals surface area contributed by atoms with E-state index in [0.717, 1.165) is 24.6 Å². The van der Waals surface area contributed by atoms with Crippen molar-refractivity contribution in [3.63, 3.8) is 0 Å². The molecule has 6 nitrogen and oxygen atoms in total. The quantitative estimate of drug-likeness (QED) is 0.317. The lowest BCUT2D eigenvalue weighted by molar-refractivity contribution is 0.0827. The van der Waals surface area contributed by atoms with Crippen LogP contribution in [0.4, 0.5) is 0 Å². The van der Waals surface area contributed by atoms with E-state index in [1.54, 1.807) is 19.0 Å². The molecule has 0 aliphatic carbocycles. The molecule has 0 unspecified atom stereocenters. The van der Waals surface area contributed by atoms with E-state index in [1.807, 2.05) is 24.3 Å². The number of aliphatic imine (C=N–C) groups is 1. The van der Waals surface area contributed by atoms with Crippen LogP contribution in [0.2, 0.25) is 0 Å². The molecule has 0 radical (unpaired) electrons. The zero-order chi connectivity index (χ0) is 21.2. The number of carbonyl (C=O) groups excluding carboxylic acids is 1. The molecule has 0 aromatic heterocycles. The van der Waals surface area contributed by atoms with Gasteiger partial charge in [0, 0.05) is 39.3 Å². The minimum absolute atomic E-state index is 0. The predicted octanol–water partition coefficient (Wildman–Crippen LogP) is 3.32. The highest BCUT2D eigenvalue weighted by Gasteiger charge is 2.07. The molecule has 0 spiro atoms. The summed E-state index contributed by atoms with van der Waals surface area (Å²) in [6.45, 7) is 5.03. The highest BCUT2D eigenvalue weighted by atomic mass is 127. The third-order valence-corrected chi connectivity index (χ3v) is 4.32. The van der Waals surface area contributed by atoms with Crippen LogP contribution < -0.4 is 10.6 Å². The van der Waals surface area contributed by atoms with Gasteiger partial charge in [-0.1, -0.05) is 36.4 Å². The summed E-state index contributed by atoms with van der Waals surface area (Å²) in [6, 6.07) is 16.2. The molecular weight excluding hydrogens is 489 g/mol. The fourth-order valence-electron chi connectivity index (χ4n) is 2.91. The number of hydrogen-bond donors (Lipinski definition) is 2. The van der Waals surface area contributed by atoms with E-state index in [4.69, 9.17) is 4.99 Å². The number of nitrogens with zero attached hydrogens (tertiary/aromatic N) is 3. The zero-order valence-corrected chi connectivity index (χ0v) is 20.9. The van der Waals surface area contributed by atoms with Gasteiger partial charge in [0.05, 0.1) is 6.54 Å². The normalized spacial score (nSPS) is 11.1. The van der Waals surface area contributed by atoms with Gasteiger partial charge in [-0.15, -0.1) is 24.0 Å². The molecule has 2 aromatic carbocycles. The second kappa shape index (κ2) is 13.2. The van der Waals surface area contributed by atoms with Crippen molar-refractivity contribution in [2.45, 2.75) is 26.6 Å². The summed E-state index contributed by atoms with van der Waals surface area (Å²) in [6.07, 6.45) is 0. The average Bonchev–Trinajstić information content (AvgIpc) is 2.69. The molecule has 7 heteroatoms. The van der Waals surface area contributed by atoms with Crippen LogP contribution in [0.3, 0.4) is 0 Å². The van der Waals surface area contributed by atoms with Crippen LogP contribution in [0.5, 0.6) is 0 Å². The Morgan fingerprint density at radius 2 is 1.60 bits per heavy atom. The van der Waals surface area contributed by atoms with Gasteiger partial charge in [0.15, 0.2) is 5.96 Å². The topological polar surface area (TPSA) is 60.0 Å². The summed E-state index contributed by atoms with van der Waals surface area (Å²) in [4.78, 5) is 20.4. The number of rotatable bonds is 8. The molecule has 0 saturated heterocycles. The van der Waals surface area contributed by atoms with E-state index in [-0.39, 0.29) is 29.9 Å². The van der Waals surface area contributed by atoms with Gasteiger partial charge in [0.2, 0.25) is 0 Å². The lowest BCUT2D eigenvalue weighted by Crippen LogP contribution is -2.36. The first-order valence-corrected chi connectivity index (χ1v) is 9.94. The molecule has 2 aromatic rings. The number of guanidine groups is 1. The van der Waals surface area contributed by atoms with Crippen LogP contribution in [0, 0.1) is 0 Å². The van der Waals surface area contributed by atoms with Crippen molar-refractivity contribution >= 4 is 35.8 Å². The lowest BCUT2D eigenvalue weighted by atomic mass is 10.1. The minimum Gasteiger partial charge on any atom is -0.357 e. The Bertz CT molecular complexity index is 819. The first-order chi connectivity index (χ1) is 13.9. The Hall–Kier alpha value is -2.13. The molecule has 0 fully saturated rings. The Morgan fingerprint density at radius 3 is 2.20 bits per heavy atom. The van der Waals surface area contributed by atoms with E-state index in [9.17, 15) is 4.79 Å². The van der Waals surface area contributed by atoms with Gasteiger partial charge in [0.1, 0.15) is 0 Å². The summed E-state index contributed by atoms with van der Waals surface area (Å²) in [5.74, 6) is 0.787. The van der Waals surface area contributed by atoms with Gasteiger partial charge < -0.3 is 20.4 Å². The van der Waals surface area contributed by atoms with Gasteiger partial charge in [-0.25, -0.2) is 4.99 Å². The Morgan fingerprint density at radius 1 is 0.933 bits per heavy atom. The summed E-state index contributed by atoms with van der Waals surface area (Å²) in [5, 5.41) is 6.65. The van der Waals surface area contributed by atoms with Crippen molar-refractivity contribution in [2.24, 2.45) is 4.99 Å². The van der Waals surface area contributed by atoms with Crippen molar-refractivity contribution in [2.75, 3.05) is 34.7 Å². The Kier molecular flexibility index (Phi) is 11.4.